The van der Waals surface area contributed by atoms with Crippen LogP contribution in [-0.2, 0) is 17.6 Å². The molecule has 1 nitrogen and oxygen atoms in total. The number of benzene rings is 2. The van der Waals surface area contributed by atoms with Crippen LogP contribution in [0.25, 0.3) is 0 Å². The molecular formula is C21H22O. The van der Waals surface area contributed by atoms with Gasteiger partial charge in [-0.1, -0.05) is 85.0 Å². The van der Waals surface area contributed by atoms with E-state index in [4.69, 9.17) is 0 Å². The highest BCUT2D eigenvalue weighted by atomic mass is 16.1. The highest BCUT2D eigenvalue weighted by Crippen LogP contribution is 2.03. The van der Waals surface area contributed by atoms with Crippen molar-refractivity contribution in [3.05, 3.63) is 96.1 Å². The zero-order chi connectivity index (χ0) is 15.5. The molecule has 0 unspecified atom stereocenters. The second kappa shape index (κ2) is 9.51. The summed E-state index contributed by atoms with van der Waals surface area (Å²) >= 11 is 0. The smallest absolute Gasteiger partial charge is 0.140 e. The monoisotopic (exact) mass is 290 g/mol. The van der Waals surface area contributed by atoms with E-state index in [1.807, 2.05) is 48.6 Å². The number of rotatable bonds is 8. The lowest BCUT2D eigenvalue weighted by Gasteiger charge is -1.95. The molecule has 0 radical (unpaired) electrons. The highest BCUT2D eigenvalue weighted by Gasteiger charge is 1.95. The standard InChI is InChI=1S/C21H22O/c22-21(17-9-7-15-19-11-3-1-4-12-19)18-10-8-16-20-13-5-2-6-14-20/h1-14H,15-18H2. The fraction of sp³-hybridized carbons (Fsp3) is 0.190. The fourth-order valence-corrected chi connectivity index (χ4v) is 2.18. The number of carbonyl (C=O) groups excluding carboxylic acids is 1. The quantitative estimate of drug-likeness (QED) is 0.630. The van der Waals surface area contributed by atoms with Crippen molar-refractivity contribution < 1.29 is 4.79 Å². The largest absolute Gasteiger partial charge is 0.299 e. The Balaban J connectivity index is 1.63. The zero-order valence-corrected chi connectivity index (χ0v) is 12.8. The van der Waals surface area contributed by atoms with Gasteiger partial charge in [0.15, 0.2) is 0 Å². The lowest BCUT2D eigenvalue weighted by Crippen LogP contribution is -1.93. The molecule has 0 bridgehead atoms. The first-order valence-corrected chi connectivity index (χ1v) is 7.74. The van der Waals surface area contributed by atoms with Gasteiger partial charge in [-0.2, -0.15) is 0 Å². The van der Waals surface area contributed by atoms with Crippen molar-refractivity contribution in [3.8, 4) is 0 Å². The molecule has 0 heterocycles. The van der Waals surface area contributed by atoms with Crippen molar-refractivity contribution in [2.24, 2.45) is 0 Å². The molecule has 0 aromatic heterocycles. The average molecular weight is 290 g/mol. The first kappa shape index (κ1) is 16.0. The van der Waals surface area contributed by atoms with E-state index < -0.39 is 0 Å². The Bertz CT molecular complexity index is 553. The number of ketones is 1. The minimum absolute atomic E-state index is 0.258. The SMILES string of the molecule is O=C(CC=CCc1ccccc1)CC=CCc1ccccc1. The number of Topliss-reactive ketones (excluding diaryl/α,β-unsaturated/α-hetero) is 1. The first-order chi connectivity index (χ1) is 10.8. The molecule has 2 rings (SSSR count). The second-order valence-electron chi connectivity index (χ2n) is 5.27. The van der Waals surface area contributed by atoms with Crippen LogP contribution in [0.15, 0.2) is 85.0 Å². The second-order valence-corrected chi connectivity index (χ2v) is 5.27. The van der Waals surface area contributed by atoms with Crippen LogP contribution in [0, 0.1) is 0 Å². The van der Waals surface area contributed by atoms with Crippen LogP contribution in [0.5, 0.6) is 0 Å². The highest BCUT2D eigenvalue weighted by molar-refractivity contribution is 5.81. The van der Waals surface area contributed by atoms with Crippen LogP contribution in [0.1, 0.15) is 24.0 Å². The minimum Gasteiger partial charge on any atom is -0.299 e. The van der Waals surface area contributed by atoms with Crippen molar-refractivity contribution in [3.63, 3.8) is 0 Å². The summed E-state index contributed by atoms with van der Waals surface area (Å²) in [4.78, 5) is 11.8. The summed E-state index contributed by atoms with van der Waals surface area (Å²) in [5.74, 6) is 0.258. The number of carbonyl (C=O) groups is 1. The molecule has 22 heavy (non-hydrogen) atoms. The predicted octanol–water partition coefficient (Wildman–Crippen LogP) is 4.93. The van der Waals surface area contributed by atoms with Gasteiger partial charge in [-0.05, 0) is 24.0 Å². The van der Waals surface area contributed by atoms with Gasteiger partial charge in [0.2, 0.25) is 0 Å². The van der Waals surface area contributed by atoms with E-state index in [1.165, 1.54) is 11.1 Å². The van der Waals surface area contributed by atoms with Crippen LogP contribution in [0.4, 0.5) is 0 Å². The summed E-state index contributed by atoms with van der Waals surface area (Å²) < 4.78 is 0. The van der Waals surface area contributed by atoms with E-state index in [2.05, 4.69) is 36.4 Å². The van der Waals surface area contributed by atoms with Crippen LogP contribution in [-0.4, -0.2) is 5.78 Å². The summed E-state index contributed by atoms with van der Waals surface area (Å²) in [5, 5.41) is 0. The molecule has 2 aromatic carbocycles. The molecule has 0 amide bonds. The van der Waals surface area contributed by atoms with Crippen molar-refractivity contribution in [1.82, 2.24) is 0 Å². The zero-order valence-electron chi connectivity index (χ0n) is 12.8. The normalized spacial score (nSPS) is 11.3. The van der Waals surface area contributed by atoms with E-state index in [0.29, 0.717) is 12.8 Å². The minimum atomic E-state index is 0.258. The topological polar surface area (TPSA) is 17.1 Å². The van der Waals surface area contributed by atoms with E-state index >= 15 is 0 Å². The summed E-state index contributed by atoms with van der Waals surface area (Å²) in [6.45, 7) is 0. The Morgan fingerprint density at radius 1 is 0.636 bits per heavy atom. The van der Waals surface area contributed by atoms with Crippen molar-refractivity contribution >= 4 is 5.78 Å². The van der Waals surface area contributed by atoms with E-state index in [9.17, 15) is 4.79 Å². The summed E-state index contributed by atoms with van der Waals surface area (Å²) in [7, 11) is 0. The summed E-state index contributed by atoms with van der Waals surface area (Å²) in [5.41, 5.74) is 2.54. The molecule has 0 spiro atoms. The van der Waals surface area contributed by atoms with E-state index in [0.717, 1.165) is 12.8 Å². The fourth-order valence-electron chi connectivity index (χ4n) is 2.18. The Hall–Kier alpha value is -2.41. The van der Waals surface area contributed by atoms with E-state index in [1.54, 1.807) is 0 Å². The number of allylic oxidation sites excluding steroid dienone is 4. The van der Waals surface area contributed by atoms with Gasteiger partial charge in [0.25, 0.3) is 0 Å². The van der Waals surface area contributed by atoms with Crippen molar-refractivity contribution in [2.75, 3.05) is 0 Å². The van der Waals surface area contributed by atoms with Crippen LogP contribution < -0.4 is 0 Å². The van der Waals surface area contributed by atoms with Gasteiger partial charge in [0, 0.05) is 12.8 Å². The molecule has 0 saturated heterocycles. The lowest BCUT2D eigenvalue weighted by molar-refractivity contribution is -0.117. The number of hydrogen-bond acceptors (Lipinski definition) is 1. The molecule has 0 fully saturated rings. The Kier molecular flexibility index (Phi) is 6.90. The van der Waals surface area contributed by atoms with Crippen molar-refractivity contribution in [2.45, 2.75) is 25.7 Å². The van der Waals surface area contributed by atoms with Crippen molar-refractivity contribution in [1.29, 1.82) is 0 Å². The average Bonchev–Trinajstić information content (AvgIpc) is 2.57. The van der Waals surface area contributed by atoms with Crippen LogP contribution in [0.2, 0.25) is 0 Å². The lowest BCUT2D eigenvalue weighted by atomic mass is 10.1. The first-order valence-electron chi connectivity index (χ1n) is 7.74. The number of hydrogen-bond donors (Lipinski definition) is 0. The van der Waals surface area contributed by atoms with Gasteiger partial charge in [-0.3, -0.25) is 4.79 Å². The maximum absolute atomic E-state index is 11.8. The third kappa shape index (κ3) is 6.36. The third-order valence-electron chi connectivity index (χ3n) is 3.42. The summed E-state index contributed by atoms with van der Waals surface area (Å²) in [6.07, 6.45) is 10.9. The molecule has 0 aliphatic carbocycles. The van der Waals surface area contributed by atoms with Gasteiger partial charge < -0.3 is 0 Å². The molecule has 0 aliphatic rings. The van der Waals surface area contributed by atoms with E-state index in [-0.39, 0.29) is 5.78 Å². The van der Waals surface area contributed by atoms with Gasteiger partial charge >= 0.3 is 0 Å². The molecular weight excluding hydrogens is 268 g/mol. The van der Waals surface area contributed by atoms with Gasteiger partial charge in [-0.25, -0.2) is 0 Å². The molecule has 0 N–H and O–H groups in total. The van der Waals surface area contributed by atoms with Gasteiger partial charge in [0.1, 0.15) is 5.78 Å². The molecule has 1 heteroatoms. The Morgan fingerprint density at radius 3 is 1.45 bits per heavy atom. The van der Waals surface area contributed by atoms with Gasteiger partial charge in [-0.15, -0.1) is 0 Å². The van der Waals surface area contributed by atoms with Gasteiger partial charge in [0.05, 0.1) is 0 Å². The summed E-state index contributed by atoms with van der Waals surface area (Å²) in [6, 6.07) is 20.5. The maximum Gasteiger partial charge on any atom is 0.140 e. The molecule has 0 saturated carbocycles. The van der Waals surface area contributed by atoms with Crippen LogP contribution in [0.3, 0.4) is 0 Å². The Morgan fingerprint density at radius 2 is 1.05 bits per heavy atom. The molecule has 0 atom stereocenters. The van der Waals surface area contributed by atoms with Crippen LogP contribution >= 0.6 is 0 Å². The maximum atomic E-state index is 11.8. The molecule has 2 aromatic rings. The Labute approximate surface area is 133 Å². The molecule has 0 aliphatic heterocycles. The third-order valence-corrected chi connectivity index (χ3v) is 3.42. The predicted molar refractivity (Wildman–Crippen MR) is 92.8 cm³/mol. The molecule has 112 valence electrons.